The first-order valence-corrected chi connectivity index (χ1v) is 12.5. The molecule has 1 aliphatic heterocycles. The SMILES string of the molecule is CN(CCC1COC1)c1ccccc1NS(=O)(=O)c1ccc(S(=O)(=O)N(C)C)cc1. The minimum atomic E-state index is -3.88. The van der Waals surface area contributed by atoms with Crippen molar-refractivity contribution in [2.45, 2.75) is 16.2 Å². The molecule has 164 valence electrons. The summed E-state index contributed by atoms with van der Waals surface area (Å²) in [4.78, 5) is 2.04. The molecule has 0 amide bonds. The van der Waals surface area contributed by atoms with Crippen LogP contribution in [0.4, 0.5) is 11.4 Å². The molecule has 1 heterocycles. The largest absolute Gasteiger partial charge is 0.381 e. The zero-order chi connectivity index (χ0) is 21.9. The van der Waals surface area contributed by atoms with Crippen molar-refractivity contribution >= 4 is 31.4 Å². The van der Waals surface area contributed by atoms with Gasteiger partial charge in [0.05, 0.1) is 34.4 Å². The molecular weight excluding hydrogens is 426 g/mol. The van der Waals surface area contributed by atoms with E-state index in [1.54, 1.807) is 12.1 Å². The van der Waals surface area contributed by atoms with E-state index >= 15 is 0 Å². The Morgan fingerprint density at radius 3 is 2.10 bits per heavy atom. The number of nitrogens with one attached hydrogen (secondary N) is 1. The zero-order valence-corrected chi connectivity index (χ0v) is 18.9. The van der Waals surface area contributed by atoms with Gasteiger partial charge in [0.15, 0.2) is 0 Å². The second kappa shape index (κ2) is 8.93. The highest BCUT2D eigenvalue weighted by Gasteiger charge is 2.22. The fourth-order valence-corrected chi connectivity index (χ4v) is 5.02. The van der Waals surface area contributed by atoms with Crippen LogP contribution in [0.15, 0.2) is 58.3 Å². The second-order valence-electron chi connectivity index (χ2n) is 7.50. The van der Waals surface area contributed by atoms with E-state index in [1.807, 2.05) is 24.1 Å². The Morgan fingerprint density at radius 1 is 0.933 bits per heavy atom. The van der Waals surface area contributed by atoms with Crippen molar-refractivity contribution in [3.05, 3.63) is 48.5 Å². The van der Waals surface area contributed by atoms with Crippen molar-refractivity contribution in [2.24, 2.45) is 5.92 Å². The molecule has 0 bridgehead atoms. The van der Waals surface area contributed by atoms with Gasteiger partial charge >= 0.3 is 0 Å². The minimum absolute atomic E-state index is 0.00993. The number of hydrogen-bond acceptors (Lipinski definition) is 6. The Hall–Kier alpha value is -2.14. The van der Waals surface area contributed by atoms with Gasteiger partial charge in [-0.25, -0.2) is 21.1 Å². The van der Waals surface area contributed by atoms with Gasteiger partial charge in [0, 0.05) is 33.6 Å². The standard InChI is InChI=1S/C20H27N3O5S2/c1-22(2)30(26,27)18-10-8-17(9-11-18)29(24,25)21-19-6-4-5-7-20(19)23(3)13-12-16-14-28-15-16/h4-11,16,21H,12-15H2,1-3H3. The lowest BCUT2D eigenvalue weighted by atomic mass is 10.0. The number of hydrogen-bond donors (Lipinski definition) is 1. The van der Waals surface area contributed by atoms with Crippen LogP contribution in [0, 0.1) is 5.92 Å². The van der Waals surface area contributed by atoms with Crippen molar-refractivity contribution in [1.29, 1.82) is 0 Å². The summed E-state index contributed by atoms with van der Waals surface area (Å²) >= 11 is 0. The molecule has 10 heteroatoms. The third-order valence-corrected chi connectivity index (χ3v) is 8.26. The molecule has 1 saturated heterocycles. The van der Waals surface area contributed by atoms with E-state index in [1.165, 1.54) is 38.4 Å². The molecule has 2 aromatic rings. The zero-order valence-electron chi connectivity index (χ0n) is 17.3. The summed E-state index contributed by atoms with van der Waals surface area (Å²) in [5.74, 6) is 0.549. The highest BCUT2D eigenvalue weighted by atomic mass is 32.2. The number of rotatable bonds is 9. The Kier molecular flexibility index (Phi) is 6.71. The van der Waals surface area contributed by atoms with Crippen LogP contribution in [0.2, 0.25) is 0 Å². The maximum Gasteiger partial charge on any atom is 0.261 e. The van der Waals surface area contributed by atoms with Crippen molar-refractivity contribution in [3.8, 4) is 0 Å². The molecule has 0 unspecified atom stereocenters. The maximum absolute atomic E-state index is 12.9. The average Bonchev–Trinajstić information content (AvgIpc) is 2.66. The lowest BCUT2D eigenvalue weighted by Gasteiger charge is -2.29. The highest BCUT2D eigenvalue weighted by molar-refractivity contribution is 7.92. The van der Waals surface area contributed by atoms with Crippen molar-refractivity contribution in [2.75, 3.05) is 50.5 Å². The lowest BCUT2D eigenvalue weighted by molar-refractivity contribution is -0.0343. The minimum Gasteiger partial charge on any atom is -0.381 e. The predicted molar refractivity (Wildman–Crippen MR) is 117 cm³/mol. The van der Waals surface area contributed by atoms with Crippen LogP contribution in [0.5, 0.6) is 0 Å². The molecule has 1 aliphatic rings. The van der Waals surface area contributed by atoms with Gasteiger partial charge in [0.2, 0.25) is 10.0 Å². The van der Waals surface area contributed by atoms with E-state index in [4.69, 9.17) is 4.74 Å². The Balaban J connectivity index is 1.78. The topological polar surface area (TPSA) is 96.0 Å². The fourth-order valence-electron chi connectivity index (χ4n) is 3.05. The van der Waals surface area contributed by atoms with E-state index in [-0.39, 0.29) is 9.79 Å². The fraction of sp³-hybridized carbons (Fsp3) is 0.400. The average molecular weight is 454 g/mol. The van der Waals surface area contributed by atoms with Gasteiger partial charge in [-0.3, -0.25) is 4.72 Å². The van der Waals surface area contributed by atoms with Gasteiger partial charge in [-0.1, -0.05) is 12.1 Å². The number of nitrogens with zero attached hydrogens (tertiary/aromatic N) is 2. The van der Waals surface area contributed by atoms with Crippen LogP contribution < -0.4 is 9.62 Å². The summed E-state index contributed by atoms with van der Waals surface area (Å²) in [6.07, 6.45) is 0.972. The summed E-state index contributed by atoms with van der Waals surface area (Å²) in [6.45, 7) is 2.34. The molecule has 0 aromatic heterocycles. The summed E-state index contributed by atoms with van der Waals surface area (Å²) < 4.78 is 59.1. The van der Waals surface area contributed by atoms with E-state index in [0.717, 1.165) is 36.2 Å². The Labute approximate surface area is 178 Å². The van der Waals surface area contributed by atoms with Crippen LogP contribution in [-0.2, 0) is 24.8 Å². The van der Waals surface area contributed by atoms with E-state index in [9.17, 15) is 16.8 Å². The summed E-state index contributed by atoms with van der Waals surface area (Å²) in [6, 6.07) is 12.4. The van der Waals surface area contributed by atoms with E-state index in [2.05, 4.69) is 4.72 Å². The van der Waals surface area contributed by atoms with Crippen LogP contribution in [-0.4, -0.2) is 62.0 Å². The summed E-state index contributed by atoms with van der Waals surface area (Å²) in [5, 5.41) is 0. The molecule has 0 aliphatic carbocycles. The normalized spacial score (nSPS) is 15.1. The van der Waals surface area contributed by atoms with Crippen molar-refractivity contribution in [1.82, 2.24) is 4.31 Å². The summed E-state index contributed by atoms with van der Waals surface area (Å²) in [7, 11) is -2.73. The summed E-state index contributed by atoms with van der Waals surface area (Å²) in [5.41, 5.74) is 1.24. The maximum atomic E-state index is 12.9. The quantitative estimate of drug-likeness (QED) is 0.625. The molecule has 30 heavy (non-hydrogen) atoms. The number of anilines is 2. The third kappa shape index (κ3) is 4.94. The Bertz CT molecular complexity index is 1080. The molecule has 3 rings (SSSR count). The van der Waals surface area contributed by atoms with Gasteiger partial charge in [0.1, 0.15) is 0 Å². The van der Waals surface area contributed by atoms with Gasteiger partial charge in [-0.15, -0.1) is 0 Å². The van der Waals surface area contributed by atoms with Gasteiger partial charge in [0.25, 0.3) is 10.0 Å². The monoisotopic (exact) mass is 453 g/mol. The van der Waals surface area contributed by atoms with Crippen LogP contribution in [0.3, 0.4) is 0 Å². The molecule has 8 nitrogen and oxygen atoms in total. The molecule has 0 atom stereocenters. The first kappa shape index (κ1) is 22.5. The first-order valence-electron chi connectivity index (χ1n) is 9.54. The van der Waals surface area contributed by atoms with Crippen LogP contribution in [0.1, 0.15) is 6.42 Å². The lowest BCUT2D eigenvalue weighted by Crippen LogP contribution is -2.32. The first-order chi connectivity index (χ1) is 14.1. The molecule has 2 aromatic carbocycles. The number of ether oxygens (including phenoxy) is 1. The van der Waals surface area contributed by atoms with Gasteiger partial charge < -0.3 is 9.64 Å². The van der Waals surface area contributed by atoms with Gasteiger partial charge in [-0.2, -0.15) is 0 Å². The number of sulfonamides is 2. The van der Waals surface area contributed by atoms with Crippen LogP contribution >= 0.6 is 0 Å². The van der Waals surface area contributed by atoms with Crippen molar-refractivity contribution < 1.29 is 21.6 Å². The highest BCUT2D eigenvalue weighted by Crippen LogP contribution is 2.28. The molecule has 1 N–H and O–H groups in total. The molecular formula is C20H27N3O5S2. The molecule has 0 radical (unpaired) electrons. The predicted octanol–water partition coefficient (Wildman–Crippen LogP) is 2.21. The smallest absolute Gasteiger partial charge is 0.261 e. The molecule has 0 saturated carbocycles. The number of benzene rings is 2. The van der Waals surface area contributed by atoms with Crippen molar-refractivity contribution in [3.63, 3.8) is 0 Å². The second-order valence-corrected chi connectivity index (χ2v) is 11.3. The van der Waals surface area contributed by atoms with Crippen LogP contribution in [0.25, 0.3) is 0 Å². The van der Waals surface area contributed by atoms with E-state index in [0.29, 0.717) is 11.6 Å². The van der Waals surface area contributed by atoms with E-state index < -0.39 is 20.0 Å². The Morgan fingerprint density at radius 2 is 1.53 bits per heavy atom. The van der Waals surface area contributed by atoms with Gasteiger partial charge in [-0.05, 0) is 42.8 Å². The third-order valence-electron chi connectivity index (χ3n) is 5.05. The number of para-hydroxylation sites is 2. The molecule has 0 spiro atoms. The molecule has 1 fully saturated rings.